The third kappa shape index (κ3) is 8.54. The molecule has 2 heterocycles. The molecule has 2 aliphatic heterocycles. The number of nitrogens with zero attached hydrogens (tertiary/aromatic N) is 1. The van der Waals surface area contributed by atoms with Crippen LogP contribution in [0.25, 0.3) is 0 Å². The van der Waals surface area contributed by atoms with Crippen molar-refractivity contribution < 1.29 is 52.7 Å². The smallest absolute Gasteiger partial charge is 0.332 e. The summed E-state index contributed by atoms with van der Waals surface area (Å²) < 4.78 is 31.2. The number of methoxy groups -OCH3 is 1. The highest BCUT2D eigenvalue weighted by Gasteiger charge is 2.65. The SMILES string of the molecule is CCN(CC)CC.CO[C@H]1C(OC(C)=O)C2O[C@H]1C(OC(C)=O)C2OC(=O)COCC(=O)O. The number of hydrogen-bond acceptors (Lipinski definition) is 11. The molecule has 4 unspecified atom stereocenters. The van der Waals surface area contributed by atoms with Crippen LogP contribution < -0.4 is 0 Å². The summed E-state index contributed by atoms with van der Waals surface area (Å²) >= 11 is 0. The molecule has 2 bridgehead atoms. The third-order valence-electron chi connectivity index (χ3n) is 5.19. The second-order valence-corrected chi connectivity index (χ2v) is 7.37. The third-order valence-corrected chi connectivity index (χ3v) is 5.19. The minimum Gasteiger partial charge on any atom is -0.480 e. The summed E-state index contributed by atoms with van der Waals surface area (Å²) in [5, 5.41) is 8.50. The van der Waals surface area contributed by atoms with Gasteiger partial charge in [0.25, 0.3) is 0 Å². The van der Waals surface area contributed by atoms with Gasteiger partial charge < -0.3 is 38.4 Å². The number of hydrogen-bond donors (Lipinski definition) is 1. The predicted molar refractivity (Wildman–Crippen MR) is 112 cm³/mol. The zero-order valence-electron chi connectivity index (χ0n) is 20.0. The lowest BCUT2D eigenvalue weighted by molar-refractivity contribution is -0.186. The first-order chi connectivity index (χ1) is 15.6. The van der Waals surface area contributed by atoms with Crippen molar-refractivity contribution in [1.82, 2.24) is 4.90 Å². The second kappa shape index (κ2) is 14.1. The number of rotatable bonds is 11. The summed E-state index contributed by atoms with van der Waals surface area (Å²) in [7, 11) is 1.39. The molecule has 0 aromatic rings. The minimum absolute atomic E-state index is 0.577. The highest BCUT2D eigenvalue weighted by molar-refractivity contribution is 5.73. The fourth-order valence-corrected chi connectivity index (χ4v) is 3.75. The summed E-state index contributed by atoms with van der Waals surface area (Å²) in [6.45, 7) is 11.2. The minimum atomic E-state index is -1.24. The van der Waals surface area contributed by atoms with Crippen LogP contribution in [0.5, 0.6) is 0 Å². The Bertz CT molecular complexity index is 661. The summed E-state index contributed by atoms with van der Waals surface area (Å²) in [6, 6.07) is 0. The molecule has 0 saturated carbocycles. The number of aliphatic carboxylic acids is 1. The Hall–Kier alpha value is -2.28. The van der Waals surface area contributed by atoms with E-state index in [0.717, 1.165) is 0 Å². The van der Waals surface area contributed by atoms with Crippen molar-refractivity contribution in [2.24, 2.45) is 0 Å². The Morgan fingerprint density at radius 2 is 1.24 bits per heavy atom. The lowest BCUT2D eigenvalue weighted by Crippen LogP contribution is -2.57. The van der Waals surface area contributed by atoms with E-state index in [2.05, 4.69) is 30.4 Å². The molecule has 33 heavy (non-hydrogen) atoms. The molecule has 0 amide bonds. The fraction of sp³-hybridized carbons (Fsp3) is 0.810. The van der Waals surface area contributed by atoms with Crippen LogP contribution in [0.15, 0.2) is 0 Å². The number of carbonyl (C=O) groups excluding carboxylic acids is 3. The zero-order chi connectivity index (χ0) is 25.1. The van der Waals surface area contributed by atoms with Gasteiger partial charge in [-0.25, -0.2) is 9.59 Å². The maximum atomic E-state index is 11.9. The van der Waals surface area contributed by atoms with E-state index in [4.69, 9.17) is 28.8 Å². The topological polar surface area (TPSA) is 147 Å². The molecule has 0 aromatic carbocycles. The number of carboxylic acids is 1. The van der Waals surface area contributed by atoms with Gasteiger partial charge >= 0.3 is 23.9 Å². The summed E-state index contributed by atoms with van der Waals surface area (Å²) in [5.74, 6) is -3.31. The number of carboxylic acid groups (broad SMARTS) is 1. The second-order valence-electron chi connectivity index (χ2n) is 7.37. The van der Waals surface area contributed by atoms with Crippen LogP contribution in [0, 0.1) is 0 Å². The van der Waals surface area contributed by atoms with E-state index >= 15 is 0 Å². The first kappa shape index (κ1) is 28.8. The Morgan fingerprint density at radius 3 is 1.64 bits per heavy atom. The molecule has 12 nitrogen and oxygen atoms in total. The van der Waals surface area contributed by atoms with Crippen LogP contribution >= 0.6 is 0 Å². The van der Waals surface area contributed by atoms with E-state index in [9.17, 15) is 19.2 Å². The van der Waals surface area contributed by atoms with Crippen molar-refractivity contribution in [3.63, 3.8) is 0 Å². The zero-order valence-corrected chi connectivity index (χ0v) is 20.0. The number of ether oxygens (including phenoxy) is 6. The van der Waals surface area contributed by atoms with Gasteiger partial charge in [-0.2, -0.15) is 0 Å². The normalized spacial score (nSPS) is 27.5. The maximum Gasteiger partial charge on any atom is 0.332 e. The number of esters is 3. The molecular weight excluding hydrogens is 442 g/mol. The van der Waals surface area contributed by atoms with Crippen molar-refractivity contribution in [2.45, 2.75) is 71.2 Å². The van der Waals surface area contributed by atoms with Crippen LogP contribution in [0.1, 0.15) is 34.6 Å². The van der Waals surface area contributed by atoms with E-state index in [1.54, 1.807) is 0 Å². The van der Waals surface area contributed by atoms with Crippen molar-refractivity contribution in [1.29, 1.82) is 0 Å². The van der Waals surface area contributed by atoms with Crippen LogP contribution in [0.3, 0.4) is 0 Å². The molecule has 190 valence electrons. The molecule has 0 aliphatic carbocycles. The van der Waals surface area contributed by atoms with Crippen LogP contribution in [0.4, 0.5) is 0 Å². The van der Waals surface area contributed by atoms with Crippen molar-refractivity contribution >= 4 is 23.9 Å². The van der Waals surface area contributed by atoms with E-state index in [1.165, 1.54) is 40.6 Å². The Kier molecular flexibility index (Phi) is 12.3. The largest absolute Gasteiger partial charge is 0.480 e. The average molecular weight is 478 g/mol. The Labute approximate surface area is 193 Å². The van der Waals surface area contributed by atoms with Crippen molar-refractivity contribution in [2.75, 3.05) is 40.0 Å². The molecule has 12 heteroatoms. The Balaban J connectivity index is 0.000000675. The van der Waals surface area contributed by atoms with Gasteiger partial charge in [-0.15, -0.1) is 0 Å². The maximum absolute atomic E-state index is 11.9. The molecule has 0 aromatic heterocycles. The van der Waals surface area contributed by atoms with Crippen molar-refractivity contribution in [3.8, 4) is 0 Å². The highest BCUT2D eigenvalue weighted by atomic mass is 16.7. The van der Waals surface area contributed by atoms with Gasteiger partial charge in [-0.1, -0.05) is 20.8 Å². The summed E-state index contributed by atoms with van der Waals surface area (Å²) in [5.41, 5.74) is 0. The molecule has 2 saturated heterocycles. The standard InChI is InChI=1S/C15H20O11.C6H15N/c1-6(16)23-11-10(21-3)12-13(24-7(2)17)14(15(11)26-12)25-9(20)5-22-4-8(18)19;1-4-7(5-2)6-3/h10-15H,4-5H2,1-3H3,(H,18,19);4-6H2,1-3H3/t10-,11?,12+,13?,14?,15?;/m0./s1. The van der Waals surface area contributed by atoms with Crippen LogP contribution in [0.2, 0.25) is 0 Å². The van der Waals surface area contributed by atoms with Gasteiger partial charge in [0, 0.05) is 21.0 Å². The summed E-state index contributed by atoms with van der Waals surface area (Å²) in [4.78, 5) is 47.4. The highest BCUT2D eigenvalue weighted by Crippen LogP contribution is 2.41. The quantitative estimate of drug-likeness (QED) is 0.316. The van der Waals surface area contributed by atoms with Gasteiger partial charge in [0.15, 0.2) is 18.3 Å². The van der Waals surface area contributed by atoms with Gasteiger partial charge in [-0.3, -0.25) is 9.59 Å². The first-order valence-electron chi connectivity index (χ1n) is 10.8. The molecule has 6 atom stereocenters. The van der Waals surface area contributed by atoms with Crippen LogP contribution in [-0.2, 0) is 47.6 Å². The number of carbonyl (C=O) groups is 4. The Morgan fingerprint density at radius 1 is 0.788 bits per heavy atom. The van der Waals surface area contributed by atoms with Gasteiger partial charge in [-0.05, 0) is 19.6 Å². The molecule has 0 spiro atoms. The van der Waals surface area contributed by atoms with Crippen LogP contribution in [-0.4, -0.2) is 110 Å². The van der Waals surface area contributed by atoms with E-state index < -0.39 is 73.7 Å². The lowest BCUT2D eigenvalue weighted by atomic mass is 9.89. The van der Waals surface area contributed by atoms with Gasteiger partial charge in [0.1, 0.15) is 31.5 Å². The lowest BCUT2D eigenvalue weighted by Gasteiger charge is -2.35. The molecule has 2 fully saturated rings. The van der Waals surface area contributed by atoms with Gasteiger partial charge in [0.2, 0.25) is 0 Å². The monoisotopic (exact) mass is 477 g/mol. The van der Waals surface area contributed by atoms with E-state index in [-0.39, 0.29) is 0 Å². The fourth-order valence-electron chi connectivity index (χ4n) is 3.75. The van der Waals surface area contributed by atoms with Gasteiger partial charge in [0.05, 0.1) is 0 Å². The van der Waals surface area contributed by atoms with Crippen molar-refractivity contribution in [3.05, 3.63) is 0 Å². The van der Waals surface area contributed by atoms with E-state index in [1.807, 2.05) is 0 Å². The predicted octanol–water partition coefficient (Wildman–Crippen LogP) is 0.00690. The molecule has 2 aliphatic rings. The van der Waals surface area contributed by atoms with E-state index in [0.29, 0.717) is 0 Å². The molecule has 2 rings (SSSR count). The summed E-state index contributed by atoms with van der Waals surface area (Å²) in [6.07, 6.45) is -5.27. The average Bonchev–Trinajstić information content (AvgIpc) is 3.24. The molecular formula is C21H35NO11. The first-order valence-corrected chi connectivity index (χ1v) is 10.8. The number of fused-ring (bicyclic) bond motifs is 2. The molecule has 0 radical (unpaired) electrons. The molecule has 1 N–H and O–H groups in total.